The minimum Gasteiger partial charge on any atom is -0.359 e. The summed E-state index contributed by atoms with van der Waals surface area (Å²) in [5.74, 6) is 0.458. The molecule has 0 aliphatic carbocycles. The van der Waals surface area contributed by atoms with Crippen molar-refractivity contribution in [3.05, 3.63) is 0 Å². The fourth-order valence-electron chi connectivity index (χ4n) is 3.31. The molecule has 0 aromatic rings. The van der Waals surface area contributed by atoms with Crippen molar-refractivity contribution in [3.8, 4) is 0 Å². The highest BCUT2D eigenvalue weighted by molar-refractivity contribution is 5.78. The van der Waals surface area contributed by atoms with Crippen molar-refractivity contribution in [3.63, 3.8) is 0 Å². The van der Waals surface area contributed by atoms with Gasteiger partial charge in [0.25, 0.3) is 0 Å². The first-order chi connectivity index (χ1) is 11.3. The summed E-state index contributed by atoms with van der Waals surface area (Å²) in [4.78, 5) is 11.6. The van der Waals surface area contributed by atoms with Gasteiger partial charge in [-0.2, -0.15) is 0 Å². The van der Waals surface area contributed by atoms with E-state index in [1.807, 2.05) is 0 Å². The van der Waals surface area contributed by atoms with Crippen molar-refractivity contribution in [1.29, 1.82) is 0 Å². The number of rotatable bonds is 17. The Morgan fingerprint density at radius 2 is 1.09 bits per heavy atom. The lowest BCUT2D eigenvalue weighted by Crippen LogP contribution is -2.26. The van der Waals surface area contributed by atoms with E-state index in [2.05, 4.69) is 19.2 Å². The SMILES string of the molecule is CCCCCCCCCCCCCCCCC(CC)C(=O)NC. The van der Waals surface area contributed by atoms with Gasteiger partial charge in [-0.1, -0.05) is 104 Å². The second kappa shape index (κ2) is 17.8. The van der Waals surface area contributed by atoms with Gasteiger partial charge in [0, 0.05) is 13.0 Å². The molecule has 2 nitrogen and oxygen atoms in total. The average Bonchev–Trinajstić information content (AvgIpc) is 2.58. The maximum Gasteiger partial charge on any atom is 0.222 e. The lowest BCUT2D eigenvalue weighted by molar-refractivity contribution is -0.124. The largest absolute Gasteiger partial charge is 0.359 e. The molecular weight excluding hydrogens is 282 g/mol. The predicted octanol–water partition coefficient (Wildman–Crippen LogP) is 6.63. The number of amides is 1. The zero-order valence-corrected chi connectivity index (χ0v) is 16.3. The van der Waals surface area contributed by atoms with Crippen molar-refractivity contribution in [1.82, 2.24) is 5.32 Å². The van der Waals surface area contributed by atoms with Gasteiger partial charge < -0.3 is 5.32 Å². The van der Waals surface area contributed by atoms with E-state index >= 15 is 0 Å². The molecule has 0 saturated heterocycles. The molecule has 0 bridgehead atoms. The number of nitrogens with one attached hydrogen (secondary N) is 1. The van der Waals surface area contributed by atoms with Gasteiger partial charge in [-0.25, -0.2) is 0 Å². The lowest BCUT2D eigenvalue weighted by atomic mass is 9.97. The van der Waals surface area contributed by atoms with Gasteiger partial charge in [-0.05, 0) is 12.8 Å². The summed E-state index contributed by atoms with van der Waals surface area (Å²) in [5, 5.41) is 2.78. The molecule has 1 unspecified atom stereocenters. The first-order valence-electron chi connectivity index (χ1n) is 10.5. The summed E-state index contributed by atoms with van der Waals surface area (Å²) in [5.41, 5.74) is 0. The maximum atomic E-state index is 11.6. The molecule has 1 N–H and O–H groups in total. The summed E-state index contributed by atoms with van der Waals surface area (Å²) in [6, 6.07) is 0. The number of hydrogen-bond donors (Lipinski definition) is 1. The number of hydrogen-bond acceptors (Lipinski definition) is 1. The zero-order valence-electron chi connectivity index (χ0n) is 16.3. The molecule has 0 aromatic carbocycles. The smallest absolute Gasteiger partial charge is 0.222 e. The van der Waals surface area contributed by atoms with Crippen LogP contribution in [-0.2, 0) is 4.79 Å². The van der Waals surface area contributed by atoms with E-state index < -0.39 is 0 Å². The van der Waals surface area contributed by atoms with Gasteiger partial charge >= 0.3 is 0 Å². The Balaban J connectivity index is 3.20. The van der Waals surface area contributed by atoms with Crippen LogP contribution in [0.5, 0.6) is 0 Å². The van der Waals surface area contributed by atoms with E-state index in [4.69, 9.17) is 0 Å². The molecule has 0 heterocycles. The number of carbonyl (C=O) groups is 1. The Bertz CT molecular complexity index is 252. The molecule has 0 saturated carbocycles. The highest BCUT2D eigenvalue weighted by Crippen LogP contribution is 2.16. The van der Waals surface area contributed by atoms with Crippen molar-refractivity contribution < 1.29 is 4.79 Å². The highest BCUT2D eigenvalue weighted by atomic mass is 16.1. The second-order valence-electron chi connectivity index (χ2n) is 7.10. The molecule has 138 valence electrons. The Morgan fingerprint density at radius 1 is 0.696 bits per heavy atom. The van der Waals surface area contributed by atoms with E-state index in [-0.39, 0.29) is 11.8 Å². The quantitative estimate of drug-likeness (QED) is 0.299. The van der Waals surface area contributed by atoms with E-state index in [0.717, 1.165) is 12.8 Å². The van der Waals surface area contributed by atoms with Gasteiger partial charge in [0.15, 0.2) is 0 Å². The molecule has 2 heteroatoms. The number of carbonyl (C=O) groups excluding carboxylic acids is 1. The van der Waals surface area contributed by atoms with E-state index in [9.17, 15) is 4.79 Å². The molecule has 0 aromatic heterocycles. The van der Waals surface area contributed by atoms with E-state index in [0.29, 0.717) is 0 Å². The molecule has 1 atom stereocenters. The van der Waals surface area contributed by atoms with Crippen molar-refractivity contribution in [2.24, 2.45) is 5.92 Å². The van der Waals surface area contributed by atoms with Gasteiger partial charge in [0.1, 0.15) is 0 Å². The van der Waals surface area contributed by atoms with Gasteiger partial charge in [0.2, 0.25) is 5.91 Å². The van der Waals surface area contributed by atoms with Crippen LogP contribution in [0.2, 0.25) is 0 Å². The van der Waals surface area contributed by atoms with Crippen LogP contribution < -0.4 is 5.32 Å². The fraction of sp³-hybridized carbons (Fsp3) is 0.952. The fourth-order valence-corrected chi connectivity index (χ4v) is 3.31. The average molecular weight is 326 g/mol. The summed E-state index contributed by atoms with van der Waals surface area (Å²) < 4.78 is 0. The summed E-state index contributed by atoms with van der Waals surface area (Å²) in [7, 11) is 1.75. The maximum absolute atomic E-state index is 11.6. The van der Waals surface area contributed by atoms with Gasteiger partial charge in [0.05, 0.1) is 0 Å². The molecule has 1 amide bonds. The van der Waals surface area contributed by atoms with Crippen molar-refractivity contribution >= 4 is 5.91 Å². The lowest BCUT2D eigenvalue weighted by Gasteiger charge is -2.12. The van der Waals surface area contributed by atoms with Crippen LogP contribution in [0.3, 0.4) is 0 Å². The highest BCUT2D eigenvalue weighted by Gasteiger charge is 2.13. The first-order valence-corrected chi connectivity index (χ1v) is 10.5. The third kappa shape index (κ3) is 14.8. The summed E-state index contributed by atoms with van der Waals surface area (Å²) in [6.07, 6.45) is 21.5. The molecule has 0 radical (unpaired) electrons. The predicted molar refractivity (Wildman–Crippen MR) is 103 cm³/mol. The van der Waals surface area contributed by atoms with Crippen LogP contribution >= 0.6 is 0 Å². The van der Waals surface area contributed by atoms with Crippen LogP contribution in [0.1, 0.15) is 117 Å². The molecule has 0 spiro atoms. The Morgan fingerprint density at radius 3 is 1.43 bits per heavy atom. The van der Waals surface area contributed by atoms with Crippen molar-refractivity contribution in [2.75, 3.05) is 7.05 Å². The zero-order chi connectivity index (χ0) is 17.2. The monoisotopic (exact) mass is 325 g/mol. The summed E-state index contributed by atoms with van der Waals surface area (Å²) >= 11 is 0. The third-order valence-electron chi connectivity index (χ3n) is 5.02. The van der Waals surface area contributed by atoms with Crippen LogP contribution in [0, 0.1) is 5.92 Å². The topological polar surface area (TPSA) is 29.1 Å². The second-order valence-corrected chi connectivity index (χ2v) is 7.10. The molecule has 0 rings (SSSR count). The van der Waals surface area contributed by atoms with Crippen LogP contribution in [-0.4, -0.2) is 13.0 Å². The standard InChI is InChI=1S/C21H43NO/c1-4-6-7-8-9-10-11-12-13-14-15-16-17-18-19-20(5-2)21(23)22-3/h20H,4-19H2,1-3H3,(H,22,23). The molecular formula is C21H43NO. The third-order valence-corrected chi connectivity index (χ3v) is 5.02. The molecule has 0 aliphatic rings. The van der Waals surface area contributed by atoms with E-state index in [1.165, 1.54) is 89.9 Å². The first kappa shape index (κ1) is 22.5. The Labute approximate surface area is 146 Å². The summed E-state index contributed by atoms with van der Waals surface area (Å²) in [6.45, 7) is 4.40. The Hall–Kier alpha value is -0.530. The van der Waals surface area contributed by atoms with Crippen molar-refractivity contribution in [2.45, 2.75) is 117 Å². The minimum absolute atomic E-state index is 0.224. The molecule has 0 aliphatic heterocycles. The Kier molecular flexibility index (Phi) is 17.4. The molecule has 0 fully saturated rings. The van der Waals surface area contributed by atoms with Crippen LogP contribution in [0.15, 0.2) is 0 Å². The van der Waals surface area contributed by atoms with E-state index in [1.54, 1.807) is 7.05 Å². The normalized spacial score (nSPS) is 12.3. The van der Waals surface area contributed by atoms with Crippen LogP contribution in [0.25, 0.3) is 0 Å². The van der Waals surface area contributed by atoms with Crippen LogP contribution in [0.4, 0.5) is 0 Å². The number of unbranched alkanes of at least 4 members (excludes halogenated alkanes) is 13. The van der Waals surface area contributed by atoms with Gasteiger partial charge in [-0.3, -0.25) is 4.79 Å². The minimum atomic E-state index is 0.224. The molecule has 23 heavy (non-hydrogen) atoms. The van der Waals surface area contributed by atoms with Gasteiger partial charge in [-0.15, -0.1) is 0 Å².